The topological polar surface area (TPSA) is 36.4 Å². The van der Waals surface area contributed by atoms with E-state index < -0.39 is 0 Å². The fourth-order valence-electron chi connectivity index (χ4n) is 3.55. The van der Waals surface area contributed by atoms with Gasteiger partial charge in [-0.15, -0.1) is 0 Å². The highest BCUT2D eigenvalue weighted by atomic mass is 16.2. The van der Waals surface area contributed by atoms with Gasteiger partial charge < -0.3 is 9.80 Å². The van der Waals surface area contributed by atoms with E-state index in [0.29, 0.717) is 5.69 Å². The largest absolute Gasteiger partial charge is 0.357 e. The molecule has 0 aliphatic carbocycles. The van der Waals surface area contributed by atoms with E-state index in [1.54, 1.807) is 0 Å². The van der Waals surface area contributed by atoms with Crippen molar-refractivity contribution in [1.82, 2.24) is 4.98 Å². The quantitative estimate of drug-likeness (QED) is 0.854. The van der Waals surface area contributed by atoms with Gasteiger partial charge in [-0.05, 0) is 49.4 Å². The van der Waals surface area contributed by atoms with Crippen LogP contribution < -0.4 is 9.80 Å². The van der Waals surface area contributed by atoms with E-state index in [1.807, 2.05) is 41.3 Å². The molecular weight excluding hydrogens is 286 g/mol. The van der Waals surface area contributed by atoms with Gasteiger partial charge in [-0.2, -0.15) is 0 Å². The first kappa shape index (κ1) is 14.2. The van der Waals surface area contributed by atoms with Crippen LogP contribution in [0.5, 0.6) is 0 Å². The molecule has 23 heavy (non-hydrogen) atoms. The highest BCUT2D eigenvalue weighted by molar-refractivity contribution is 6.05. The Bertz CT molecular complexity index is 722. The summed E-state index contributed by atoms with van der Waals surface area (Å²) in [7, 11) is 0. The molecule has 2 aliphatic heterocycles. The Morgan fingerprint density at radius 3 is 2.61 bits per heavy atom. The summed E-state index contributed by atoms with van der Waals surface area (Å²) in [6.45, 7) is 2.85. The van der Waals surface area contributed by atoms with Gasteiger partial charge in [0.25, 0.3) is 5.91 Å². The Morgan fingerprint density at radius 2 is 1.74 bits per heavy atom. The highest BCUT2D eigenvalue weighted by Crippen LogP contribution is 2.28. The maximum absolute atomic E-state index is 13.0. The molecule has 2 aromatic rings. The number of rotatable bonds is 2. The second kappa shape index (κ2) is 6.03. The zero-order valence-corrected chi connectivity index (χ0v) is 13.2. The third kappa shape index (κ3) is 2.69. The molecule has 0 N–H and O–H groups in total. The summed E-state index contributed by atoms with van der Waals surface area (Å²) >= 11 is 0. The van der Waals surface area contributed by atoms with Crippen molar-refractivity contribution in [2.45, 2.75) is 25.7 Å². The minimum atomic E-state index is 0.0122. The summed E-state index contributed by atoms with van der Waals surface area (Å²) < 4.78 is 0. The number of para-hydroxylation sites is 1. The number of benzene rings is 1. The van der Waals surface area contributed by atoms with Crippen LogP contribution in [0, 0.1) is 0 Å². The number of carbonyl (C=O) groups excluding carboxylic acids is 1. The number of pyridine rings is 1. The molecule has 1 aromatic heterocycles. The van der Waals surface area contributed by atoms with Crippen molar-refractivity contribution >= 4 is 17.4 Å². The van der Waals surface area contributed by atoms with Crippen LogP contribution in [0.3, 0.4) is 0 Å². The third-order valence-corrected chi connectivity index (χ3v) is 4.74. The van der Waals surface area contributed by atoms with Crippen LogP contribution in [0.25, 0.3) is 0 Å². The minimum Gasteiger partial charge on any atom is -0.357 e. The molecule has 1 aromatic carbocycles. The predicted molar refractivity (Wildman–Crippen MR) is 92.1 cm³/mol. The first-order valence-corrected chi connectivity index (χ1v) is 8.45. The van der Waals surface area contributed by atoms with Crippen LogP contribution in [0.2, 0.25) is 0 Å². The summed E-state index contributed by atoms with van der Waals surface area (Å²) in [5, 5.41) is 0. The molecule has 4 rings (SSSR count). The van der Waals surface area contributed by atoms with E-state index in [-0.39, 0.29) is 5.91 Å². The van der Waals surface area contributed by atoms with Gasteiger partial charge in [0.2, 0.25) is 0 Å². The Balaban J connectivity index is 1.64. The molecule has 2 aliphatic rings. The van der Waals surface area contributed by atoms with Crippen LogP contribution >= 0.6 is 0 Å². The zero-order chi connectivity index (χ0) is 15.6. The average Bonchev–Trinajstić information content (AvgIpc) is 3.15. The Hall–Kier alpha value is -2.36. The maximum Gasteiger partial charge on any atom is 0.276 e. The SMILES string of the molecule is O=C(c1cccc(N2CCCC2)n1)N1CCCc2ccccc21. The molecule has 4 heteroatoms. The number of hydrogen-bond donors (Lipinski definition) is 0. The van der Waals surface area contributed by atoms with Gasteiger partial charge in [0.15, 0.2) is 0 Å². The lowest BCUT2D eigenvalue weighted by Crippen LogP contribution is -2.36. The summed E-state index contributed by atoms with van der Waals surface area (Å²) in [5.74, 6) is 0.942. The van der Waals surface area contributed by atoms with Crippen molar-refractivity contribution in [1.29, 1.82) is 0 Å². The van der Waals surface area contributed by atoms with Gasteiger partial charge in [-0.3, -0.25) is 4.79 Å². The molecule has 3 heterocycles. The number of anilines is 2. The number of carbonyl (C=O) groups is 1. The van der Waals surface area contributed by atoms with Crippen LogP contribution in [-0.4, -0.2) is 30.5 Å². The van der Waals surface area contributed by atoms with Gasteiger partial charge in [0.1, 0.15) is 11.5 Å². The summed E-state index contributed by atoms with van der Waals surface area (Å²) in [6.07, 6.45) is 4.47. The summed E-state index contributed by atoms with van der Waals surface area (Å²) in [5.41, 5.74) is 2.84. The average molecular weight is 307 g/mol. The lowest BCUT2D eigenvalue weighted by Gasteiger charge is -2.29. The Morgan fingerprint density at radius 1 is 0.913 bits per heavy atom. The predicted octanol–water partition coefficient (Wildman–Crippen LogP) is 3.27. The van der Waals surface area contributed by atoms with E-state index in [9.17, 15) is 4.79 Å². The molecule has 0 spiro atoms. The molecule has 118 valence electrons. The molecule has 0 unspecified atom stereocenters. The van der Waals surface area contributed by atoms with E-state index in [4.69, 9.17) is 0 Å². The zero-order valence-electron chi connectivity index (χ0n) is 13.2. The van der Waals surface area contributed by atoms with Crippen LogP contribution in [0.1, 0.15) is 35.3 Å². The third-order valence-electron chi connectivity index (χ3n) is 4.74. The van der Waals surface area contributed by atoms with Crippen molar-refractivity contribution < 1.29 is 4.79 Å². The molecule has 1 amide bonds. The number of nitrogens with zero attached hydrogens (tertiary/aromatic N) is 3. The van der Waals surface area contributed by atoms with Crippen LogP contribution in [0.4, 0.5) is 11.5 Å². The normalized spacial score (nSPS) is 17.2. The first-order chi connectivity index (χ1) is 11.3. The van der Waals surface area contributed by atoms with Gasteiger partial charge >= 0.3 is 0 Å². The molecule has 4 nitrogen and oxygen atoms in total. The van der Waals surface area contributed by atoms with Gasteiger partial charge in [0.05, 0.1) is 0 Å². The molecule has 1 fully saturated rings. The molecule has 0 atom stereocenters. The molecule has 0 saturated carbocycles. The van der Waals surface area contributed by atoms with Crippen LogP contribution in [-0.2, 0) is 6.42 Å². The van der Waals surface area contributed by atoms with Crippen molar-refractivity contribution in [2.24, 2.45) is 0 Å². The number of fused-ring (bicyclic) bond motifs is 1. The number of aryl methyl sites for hydroxylation is 1. The number of hydrogen-bond acceptors (Lipinski definition) is 3. The maximum atomic E-state index is 13.0. The van der Waals surface area contributed by atoms with Crippen LogP contribution in [0.15, 0.2) is 42.5 Å². The summed E-state index contributed by atoms with van der Waals surface area (Å²) in [6, 6.07) is 14.0. The highest BCUT2D eigenvalue weighted by Gasteiger charge is 2.24. The molecular formula is C19H21N3O. The molecule has 0 radical (unpaired) electrons. The number of aromatic nitrogens is 1. The monoisotopic (exact) mass is 307 g/mol. The minimum absolute atomic E-state index is 0.0122. The fraction of sp³-hybridized carbons (Fsp3) is 0.368. The summed E-state index contributed by atoms with van der Waals surface area (Å²) in [4.78, 5) is 21.8. The Kier molecular flexibility index (Phi) is 3.74. The van der Waals surface area contributed by atoms with Gasteiger partial charge in [0, 0.05) is 25.3 Å². The smallest absolute Gasteiger partial charge is 0.276 e. The van der Waals surface area contributed by atoms with Crippen molar-refractivity contribution in [2.75, 3.05) is 29.4 Å². The van der Waals surface area contributed by atoms with Gasteiger partial charge in [-0.1, -0.05) is 24.3 Å². The molecule has 0 bridgehead atoms. The van der Waals surface area contributed by atoms with Crippen molar-refractivity contribution in [3.63, 3.8) is 0 Å². The second-order valence-electron chi connectivity index (χ2n) is 6.26. The van der Waals surface area contributed by atoms with Crippen molar-refractivity contribution in [3.05, 3.63) is 53.7 Å². The lowest BCUT2D eigenvalue weighted by molar-refractivity contribution is 0.0980. The fourth-order valence-corrected chi connectivity index (χ4v) is 3.55. The van der Waals surface area contributed by atoms with E-state index in [1.165, 1.54) is 18.4 Å². The van der Waals surface area contributed by atoms with Crippen molar-refractivity contribution in [3.8, 4) is 0 Å². The lowest BCUT2D eigenvalue weighted by atomic mass is 10.0. The number of amides is 1. The Labute approximate surface area is 136 Å². The molecule has 1 saturated heterocycles. The van der Waals surface area contributed by atoms with Gasteiger partial charge in [-0.25, -0.2) is 4.98 Å². The first-order valence-electron chi connectivity index (χ1n) is 8.45. The second-order valence-corrected chi connectivity index (χ2v) is 6.26. The van der Waals surface area contributed by atoms with E-state index >= 15 is 0 Å². The van der Waals surface area contributed by atoms with E-state index in [2.05, 4.69) is 16.0 Å². The standard InChI is InChI=1S/C19H21N3O/c23-19(22-14-6-8-15-7-1-2-10-17(15)22)16-9-5-11-18(20-16)21-12-3-4-13-21/h1-2,5,7,9-11H,3-4,6,8,12-14H2. The van der Waals surface area contributed by atoms with E-state index in [0.717, 1.165) is 44.0 Å².